The van der Waals surface area contributed by atoms with E-state index in [0.29, 0.717) is 0 Å². The normalized spacial score (nSPS) is 11.6. The lowest BCUT2D eigenvalue weighted by Gasteiger charge is -2.18. The molecule has 0 fully saturated rings. The van der Waals surface area contributed by atoms with Crippen LogP contribution in [0.4, 0.5) is 9.52 Å². The van der Waals surface area contributed by atoms with Gasteiger partial charge in [0.2, 0.25) is 11.8 Å². The molecule has 4 rings (SSSR count). The SMILES string of the molecule is COC(=O)c1csc(NC(=O)[C@H](Cc2ccccc2)n2c(O)c(-c3ccc(OC)c(F)c3)[nH]c2=O)n1. The molecule has 186 valence electrons. The summed E-state index contributed by atoms with van der Waals surface area (Å²) < 4.78 is 24.7. The first kappa shape index (κ1) is 24.7. The minimum atomic E-state index is -1.21. The molecular weight excluding hydrogens is 491 g/mol. The summed E-state index contributed by atoms with van der Waals surface area (Å²) in [6, 6.07) is 11.6. The molecule has 36 heavy (non-hydrogen) atoms. The third-order valence-corrected chi connectivity index (χ3v) is 6.12. The van der Waals surface area contributed by atoms with E-state index in [2.05, 4.69) is 20.0 Å². The molecule has 0 saturated carbocycles. The predicted octanol–water partition coefficient (Wildman–Crippen LogP) is 3.36. The Morgan fingerprint density at radius 1 is 1.22 bits per heavy atom. The number of aromatic hydroxyl groups is 1. The summed E-state index contributed by atoms with van der Waals surface area (Å²) in [5, 5.41) is 15.1. The minimum absolute atomic E-state index is 0.00359. The molecule has 4 aromatic rings. The van der Waals surface area contributed by atoms with Gasteiger partial charge in [0.25, 0.3) is 0 Å². The zero-order valence-corrected chi connectivity index (χ0v) is 20.0. The monoisotopic (exact) mass is 512 g/mol. The number of carbonyl (C=O) groups is 2. The first-order valence-corrected chi connectivity index (χ1v) is 11.5. The number of carbonyl (C=O) groups excluding carboxylic acids is 2. The Labute approximate surface area is 208 Å². The topological polar surface area (TPSA) is 136 Å². The maximum Gasteiger partial charge on any atom is 0.357 e. The van der Waals surface area contributed by atoms with Crippen molar-refractivity contribution in [2.75, 3.05) is 19.5 Å². The number of H-pyrrole nitrogens is 1. The van der Waals surface area contributed by atoms with Crippen molar-refractivity contribution in [2.45, 2.75) is 12.5 Å². The van der Waals surface area contributed by atoms with E-state index in [-0.39, 0.29) is 34.3 Å². The van der Waals surface area contributed by atoms with Crippen LogP contribution in [0.15, 0.2) is 58.7 Å². The molecule has 0 radical (unpaired) electrons. The van der Waals surface area contributed by atoms with Crippen molar-refractivity contribution in [1.82, 2.24) is 14.5 Å². The zero-order chi connectivity index (χ0) is 25.8. The molecule has 2 heterocycles. The van der Waals surface area contributed by atoms with Gasteiger partial charge in [-0.15, -0.1) is 11.3 Å². The van der Waals surface area contributed by atoms with Gasteiger partial charge >= 0.3 is 11.7 Å². The molecular formula is C24H21FN4O6S. The van der Waals surface area contributed by atoms with Crippen molar-refractivity contribution in [3.8, 4) is 22.9 Å². The maximum absolute atomic E-state index is 14.3. The second kappa shape index (κ2) is 10.4. The molecule has 0 unspecified atom stereocenters. The van der Waals surface area contributed by atoms with Gasteiger partial charge in [-0.05, 0) is 23.8 Å². The highest BCUT2D eigenvalue weighted by Gasteiger charge is 2.29. The van der Waals surface area contributed by atoms with E-state index in [1.807, 2.05) is 0 Å². The van der Waals surface area contributed by atoms with E-state index >= 15 is 0 Å². The number of thiazole rings is 1. The largest absolute Gasteiger partial charge is 0.494 e. The Morgan fingerprint density at radius 2 is 1.97 bits per heavy atom. The van der Waals surface area contributed by atoms with Gasteiger partial charge in [-0.1, -0.05) is 30.3 Å². The Kier molecular flexibility index (Phi) is 7.15. The van der Waals surface area contributed by atoms with Gasteiger partial charge in [0, 0.05) is 17.4 Å². The van der Waals surface area contributed by atoms with E-state index < -0.39 is 35.3 Å². The molecule has 12 heteroatoms. The number of nitrogens with one attached hydrogen (secondary N) is 2. The first-order valence-electron chi connectivity index (χ1n) is 10.6. The molecule has 3 N–H and O–H groups in total. The van der Waals surface area contributed by atoms with Crippen LogP contribution in [-0.2, 0) is 16.0 Å². The fraction of sp³-hybridized carbons (Fsp3) is 0.167. The number of rotatable bonds is 8. The van der Waals surface area contributed by atoms with Crippen LogP contribution in [0.25, 0.3) is 11.3 Å². The van der Waals surface area contributed by atoms with E-state index in [9.17, 15) is 23.9 Å². The summed E-state index contributed by atoms with van der Waals surface area (Å²) in [6.07, 6.45) is 0.0453. The molecule has 0 saturated heterocycles. The number of anilines is 1. The summed E-state index contributed by atoms with van der Waals surface area (Å²) in [5.74, 6) is -2.56. The number of benzene rings is 2. The van der Waals surface area contributed by atoms with Gasteiger partial charge < -0.3 is 24.9 Å². The number of imidazole rings is 1. The number of aromatic nitrogens is 3. The summed E-state index contributed by atoms with van der Waals surface area (Å²) >= 11 is 1.00. The second-order valence-corrected chi connectivity index (χ2v) is 8.43. The molecule has 2 aromatic heterocycles. The van der Waals surface area contributed by atoms with Gasteiger partial charge in [-0.2, -0.15) is 0 Å². The lowest BCUT2D eigenvalue weighted by atomic mass is 10.0. The number of methoxy groups -OCH3 is 2. The molecule has 0 aliphatic rings. The summed E-state index contributed by atoms with van der Waals surface area (Å²) in [7, 11) is 2.53. The average Bonchev–Trinajstić information content (AvgIpc) is 3.46. The molecule has 0 aliphatic heterocycles. The highest BCUT2D eigenvalue weighted by atomic mass is 32.1. The molecule has 0 spiro atoms. The van der Waals surface area contributed by atoms with Crippen LogP contribution < -0.4 is 15.7 Å². The molecule has 1 amide bonds. The Hall–Kier alpha value is -4.45. The molecule has 10 nitrogen and oxygen atoms in total. The maximum atomic E-state index is 14.3. The number of amides is 1. The molecule has 1 atom stereocenters. The van der Waals surface area contributed by atoms with Crippen molar-refractivity contribution in [3.63, 3.8) is 0 Å². The van der Waals surface area contributed by atoms with E-state index in [0.717, 1.165) is 27.5 Å². The van der Waals surface area contributed by atoms with Crippen molar-refractivity contribution in [2.24, 2.45) is 0 Å². The van der Waals surface area contributed by atoms with Crippen LogP contribution in [0.1, 0.15) is 22.1 Å². The van der Waals surface area contributed by atoms with Gasteiger partial charge in [0.15, 0.2) is 22.4 Å². The minimum Gasteiger partial charge on any atom is -0.494 e. The zero-order valence-electron chi connectivity index (χ0n) is 19.1. The quantitative estimate of drug-likeness (QED) is 0.308. The predicted molar refractivity (Wildman–Crippen MR) is 130 cm³/mol. The standard InChI is InChI=1S/C24H21FN4O6S/c1-34-18-9-8-14(11-15(18)25)19-21(31)29(24(33)27-19)17(10-13-6-4-3-5-7-13)20(30)28-23-26-16(12-36-23)22(32)35-2/h3-9,11-12,17,31H,10H2,1-2H3,(H,27,33)(H,26,28,30)/t17-/m0/s1. The molecule has 2 aromatic carbocycles. The first-order chi connectivity index (χ1) is 17.3. The highest BCUT2D eigenvalue weighted by molar-refractivity contribution is 7.14. The van der Waals surface area contributed by atoms with Gasteiger partial charge in [0.1, 0.15) is 11.7 Å². The number of hydrogen-bond donors (Lipinski definition) is 3. The van der Waals surface area contributed by atoms with Crippen molar-refractivity contribution < 1.29 is 28.6 Å². The summed E-state index contributed by atoms with van der Waals surface area (Å²) in [4.78, 5) is 44.5. The van der Waals surface area contributed by atoms with E-state index in [1.54, 1.807) is 30.3 Å². The van der Waals surface area contributed by atoms with Crippen molar-refractivity contribution in [3.05, 3.63) is 81.5 Å². The smallest absolute Gasteiger partial charge is 0.357 e. The number of hydrogen-bond acceptors (Lipinski definition) is 8. The average molecular weight is 513 g/mol. The van der Waals surface area contributed by atoms with Gasteiger partial charge in [-0.25, -0.2) is 23.5 Å². The van der Waals surface area contributed by atoms with Crippen molar-refractivity contribution in [1.29, 1.82) is 0 Å². The van der Waals surface area contributed by atoms with Crippen LogP contribution in [0.3, 0.4) is 0 Å². The van der Waals surface area contributed by atoms with Crippen LogP contribution in [0.5, 0.6) is 11.6 Å². The third-order valence-electron chi connectivity index (χ3n) is 5.36. The third kappa shape index (κ3) is 4.98. The van der Waals surface area contributed by atoms with Crippen LogP contribution in [0, 0.1) is 5.82 Å². The Bertz CT molecular complexity index is 1460. The van der Waals surface area contributed by atoms with Crippen LogP contribution in [-0.4, -0.2) is 45.7 Å². The number of esters is 1. The Morgan fingerprint density at radius 3 is 2.64 bits per heavy atom. The van der Waals surface area contributed by atoms with Crippen LogP contribution in [0.2, 0.25) is 0 Å². The lowest BCUT2D eigenvalue weighted by molar-refractivity contribution is -0.119. The number of ether oxygens (including phenoxy) is 2. The fourth-order valence-electron chi connectivity index (χ4n) is 3.61. The number of aromatic amines is 1. The highest BCUT2D eigenvalue weighted by Crippen LogP contribution is 2.32. The number of halogens is 1. The summed E-state index contributed by atoms with van der Waals surface area (Å²) in [6.45, 7) is 0. The second-order valence-electron chi connectivity index (χ2n) is 7.57. The summed E-state index contributed by atoms with van der Waals surface area (Å²) in [5.41, 5.74) is 0.0847. The van der Waals surface area contributed by atoms with E-state index in [4.69, 9.17) is 4.74 Å². The Balaban J connectivity index is 1.72. The van der Waals surface area contributed by atoms with E-state index in [1.165, 1.54) is 31.7 Å². The fourth-order valence-corrected chi connectivity index (χ4v) is 4.29. The molecule has 0 aliphatic carbocycles. The van der Waals surface area contributed by atoms with Crippen molar-refractivity contribution >= 4 is 28.3 Å². The van der Waals surface area contributed by atoms with Crippen LogP contribution >= 0.6 is 11.3 Å². The van der Waals surface area contributed by atoms with Gasteiger partial charge in [0.05, 0.1) is 14.2 Å². The number of nitrogens with zero attached hydrogens (tertiary/aromatic N) is 2. The molecule has 0 bridgehead atoms. The van der Waals surface area contributed by atoms with Gasteiger partial charge in [-0.3, -0.25) is 4.79 Å². The lowest BCUT2D eigenvalue weighted by Crippen LogP contribution is -2.33.